The second kappa shape index (κ2) is 7.82. The first-order valence-electron chi connectivity index (χ1n) is 9.71. The number of ether oxygens (including phenoxy) is 1. The molecule has 8 heteroatoms. The fourth-order valence-corrected chi connectivity index (χ4v) is 3.51. The van der Waals surface area contributed by atoms with E-state index >= 15 is 0 Å². The Balaban J connectivity index is 1.51. The van der Waals surface area contributed by atoms with Gasteiger partial charge >= 0.3 is 0 Å². The lowest BCUT2D eigenvalue weighted by molar-refractivity contribution is 0.140. The summed E-state index contributed by atoms with van der Waals surface area (Å²) in [5, 5.41) is 13.1. The summed E-state index contributed by atoms with van der Waals surface area (Å²) in [4.78, 5) is 15.7. The van der Waals surface area contributed by atoms with Crippen LogP contribution in [-0.4, -0.2) is 57.0 Å². The average Bonchev–Trinajstić information content (AvgIpc) is 3.28. The third-order valence-electron chi connectivity index (χ3n) is 5.04. The van der Waals surface area contributed by atoms with Gasteiger partial charge in [-0.25, -0.2) is 9.97 Å². The summed E-state index contributed by atoms with van der Waals surface area (Å²) in [7, 11) is 0. The molecule has 0 amide bonds. The lowest BCUT2D eigenvalue weighted by Crippen LogP contribution is -2.51. The maximum Gasteiger partial charge on any atom is 0.227 e. The molecular weight excluding hydrogens is 344 g/mol. The van der Waals surface area contributed by atoms with Crippen molar-refractivity contribution < 1.29 is 9.84 Å². The van der Waals surface area contributed by atoms with Crippen LogP contribution in [0.2, 0.25) is 0 Å². The van der Waals surface area contributed by atoms with Gasteiger partial charge in [0.2, 0.25) is 5.95 Å². The number of nitrogens with zero attached hydrogens (tertiary/aromatic N) is 5. The van der Waals surface area contributed by atoms with Gasteiger partial charge in [0.05, 0.1) is 37.0 Å². The molecule has 2 aromatic heterocycles. The topological polar surface area (TPSA) is 88.3 Å². The van der Waals surface area contributed by atoms with E-state index in [2.05, 4.69) is 33.7 Å². The van der Waals surface area contributed by atoms with Crippen molar-refractivity contribution in [2.75, 3.05) is 36.5 Å². The van der Waals surface area contributed by atoms with E-state index in [1.165, 1.54) is 0 Å². The van der Waals surface area contributed by atoms with E-state index in [1.54, 1.807) is 0 Å². The van der Waals surface area contributed by atoms with Gasteiger partial charge in [-0.1, -0.05) is 13.8 Å². The van der Waals surface area contributed by atoms with E-state index in [0.29, 0.717) is 44.0 Å². The quantitative estimate of drug-likeness (QED) is 0.763. The molecule has 0 bridgehead atoms. The first kappa shape index (κ1) is 18.2. The van der Waals surface area contributed by atoms with Gasteiger partial charge in [-0.15, -0.1) is 0 Å². The van der Waals surface area contributed by atoms with Crippen molar-refractivity contribution in [3.63, 3.8) is 0 Å². The van der Waals surface area contributed by atoms with Crippen molar-refractivity contribution in [1.82, 2.24) is 19.5 Å². The predicted molar refractivity (Wildman–Crippen MR) is 103 cm³/mol. The van der Waals surface area contributed by atoms with Crippen LogP contribution in [-0.2, 0) is 17.8 Å². The molecular formula is C19H28N6O2. The van der Waals surface area contributed by atoms with Gasteiger partial charge < -0.3 is 24.6 Å². The Morgan fingerprint density at radius 1 is 1.33 bits per heavy atom. The molecule has 2 aromatic rings. The molecule has 8 nitrogen and oxygen atoms in total. The molecule has 2 saturated heterocycles. The number of β-amino-alcohol motifs (C(OH)–C–C–N with tert-alkyl or cyclic N) is 1. The van der Waals surface area contributed by atoms with Crippen LogP contribution in [0.5, 0.6) is 0 Å². The number of aliphatic hydroxyl groups excluding tert-OH is 1. The fourth-order valence-electron chi connectivity index (χ4n) is 3.51. The van der Waals surface area contributed by atoms with Crippen molar-refractivity contribution in [2.24, 2.45) is 5.92 Å². The van der Waals surface area contributed by atoms with Gasteiger partial charge in [-0.2, -0.15) is 4.98 Å². The Morgan fingerprint density at radius 2 is 2.19 bits per heavy atom. The van der Waals surface area contributed by atoms with E-state index in [4.69, 9.17) is 9.72 Å². The summed E-state index contributed by atoms with van der Waals surface area (Å²) in [5.74, 6) is 2.36. The highest BCUT2D eigenvalue weighted by Crippen LogP contribution is 2.28. The van der Waals surface area contributed by atoms with Crippen molar-refractivity contribution in [1.29, 1.82) is 0 Å². The van der Waals surface area contributed by atoms with Gasteiger partial charge in [-0.05, 0) is 12.3 Å². The highest BCUT2D eigenvalue weighted by Gasteiger charge is 2.28. The molecule has 0 aliphatic carbocycles. The van der Waals surface area contributed by atoms with Gasteiger partial charge in [0.15, 0.2) is 0 Å². The minimum absolute atomic E-state index is 0.283. The zero-order chi connectivity index (χ0) is 18.8. The number of hydrogen-bond acceptors (Lipinski definition) is 7. The molecule has 4 rings (SSSR count). The van der Waals surface area contributed by atoms with Crippen molar-refractivity contribution in [2.45, 2.75) is 45.4 Å². The Bertz CT molecular complexity index is 765. The number of aliphatic hydroxyl groups is 1. The number of rotatable bonds is 7. The Labute approximate surface area is 159 Å². The number of anilines is 2. The second-order valence-electron chi connectivity index (χ2n) is 7.88. The van der Waals surface area contributed by atoms with Crippen LogP contribution in [0.3, 0.4) is 0 Å². The largest absolute Gasteiger partial charge is 0.389 e. The van der Waals surface area contributed by atoms with Gasteiger partial charge in [0.1, 0.15) is 5.82 Å². The molecule has 146 valence electrons. The van der Waals surface area contributed by atoms with Crippen LogP contribution in [0.25, 0.3) is 0 Å². The van der Waals surface area contributed by atoms with Crippen LogP contribution in [0, 0.1) is 5.92 Å². The van der Waals surface area contributed by atoms with Crippen molar-refractivity contribution in [3.05, 3.63) is 30.0 Å². The van der Waals surface area contributed by atoms with Crippen LogP contribution >= 0.6 is 0 Å². The maximum absolute atomic E-state index is 9.62. The summed E-state index contributed by atoms with van der Waals surface area (Å²) in [6.07, 6.45) is 4.48. The van der Waals surface area contributed by atoms with E-state index in [0.717, 1.165) is 36.8 Å². The SMILES string of the molecule is CC(C)Cn1cncc1CNc1cc(C2CCOC2)nc(N2CC(O)C2)n1. The van der Waals surface area contributed by atoms with Crippen molar-refractivity contribution in [3.8, 4) is 0 Å². The summed E-state index contributed by atoms with van der Waals surface area (Å²) >= 11 is 0. The molecule has 0 spiro atoms. The fraction of sp³-hybridized carbons (Fsp3) is 0.632. The molecule has 4 heterocycles. The minimum atomic E-state index is -0.283. The lowest BCUT2D eigenvalue weighted by Gasteiger charge is -2.36. The molecule has 2 aliphatic rings. The number of aromatic nitrogens is 4. The molecule has 2 fully saturated rings. The highest BCUT2D eigenvalue weighted by molar-refractivity contribution is 5.46. The third kappa shape index (κ3) is 4.22. The molecule has 2 aliphatic heterocycles. The van der Waals surface area contributed by atoms with E-state index in [9.17, 15) is 5.11 Å². The molecule has 1 atom stereocenters. The molecule has 0 saturated carbocycles. The molecule has 1 unspecified atom stereocenters. The summed E-state index contributed by atoms with van der Waals surface area (Å²) in [5.41, 5.74) is 2.14. The first-order chi connectivity index (χ1) is 13.1. The Hall–Kier alpha value is -2.19. The van der Waals surface area contributed by atoms with E-state index in [-0.39, 0.29) is 6.10 Å². The molecule has 27 heavy (non-hydrogen) atoms. The molecule has 0 radical (unpaired) electrons. The van der Waals surface area contributed by atoms with Crippen molar-refractivity contribution >= 4 is 11.8 Å². The minimum Gasteiger partial charge on any atom is -0.389 e. The summed E-state index contributed by atoms with van der Waals surface area (Å²) in [6, 6.07) is 2.03. The number of hydrogen-bond donors (Lipinski definition) is 2. The van der Waals surface area contributed by atoms with Gasteiger partial charge in [0.25, 0.3) is 0 Å². The predicted octanol–water partition coefficient (Wildman–Crippen LogP) is 1.63. The highest BCUT2D eigenvalue weighted by atomic mass is 16.5. The van der Waals surface area contributed by atoms with Gasteiger partial charge in [0, 0.05) is 44.4 Å². The zero-order valence-corrected chi connectivity index (χ0v) is 16.0. The van der Waals surface area contributed by atoms with Gasteiger partial charge in [-0.3, -0.25) is 0 Å². The van der Waals surface area contributed by atoms with Crippen LogP contribution in [0.15, 0.2) is 18.6 Å². The Morgan fingerprint density at radius 3 is 2.89 bits per heavy atom. The summed E-state index contributed by atoms with van der Waals surface area (Å²) < 4.78 is 7.71. The summed E-state index contributed by atoms with van der Waals surface area (Å²) in [6.45, 7) is 8.67. The average molecular weight is 372 g/mol. The first-order valence-corrected chi connectivity index (χ1v) is 9.71. The Kier molecular flexibility index (Phi) is 5.27. The van der Waals surface area contributed by atoms with Crippen LogP contribution < -0.4 is 10.2 Å². The standard InChI is InChI=1S/C19H28N6O2/c1-13(2)8-25-12-20-6-15(25)7-21-18-5-17(14-3-4-27-11-14)22-19(23-18)24-9-16(26)10-24/h5-6,12-14,16,26H,3-4,7-11H2,1-2H3,(H,21,22,23). The maximum atomic E-state index is 9.62. The smallest absolute Gasteiger partial charge is 0.227 e. The lowest BCUT2D eigenvalue weighted by atomic mass is 10.0. The van der Waals surface area contributed by atoms with Crippen LogP contribution in [0.4, 0.5) is 11.8 Å². The monoisotopic (exact) mass is 372 g/mol. The molecule has 0 aromatic carbocycles. The molecule has 2 N–H and O–H groups in total. The second-order valence-corrected chi connectivity index (χ2v) is 7.88. The zero-order valence-electron chi connectivity index (χ0n) is 16.0. The normalized spacial score (nSPS) is 20.3. The van der Waals surface area contributed by atoms with E-state index in [1.807, 2.05) is 23.5 Å². The van der Waals surface area contributed by atoms with E-state index < -0.39 is 0 Å². The number of nitrogens with one attached hydrogen (secondary N) is 1. The number of imidazole rings is 1. The van der Waals surface area contributed by atoms with Crippen LogP contribution in [0.1, 0.15) is 37.6 Å². The third-order valence-corrected chi connectivity index (χ3v) is 5.04.